The first kappa shape index (κ1) is 9.76. The molecule has 0 amide bonds. The summed E-state index contributed by atoms with van der Waals surface area (Å²) in [4.78, 5) is 0. The van der Waals surface area contributed by atoms with E-state index < -0.39 is 0 Å². The van der Waals surface area contributed by atoms with Crippen LogP contribution in [0.4, 0.5) is 5.69 Å². The lowest BCUT2D eigenvalue weighted by Gasteiger charge is -2.18. The maximum Gasteiger partial charge on any atom is 0.119 e. The molecule has 2 bridgehead atoms. The molecule has 1 aromatic carbocycles. The van der Waals surface area contributed by atoms with Gasteiger partial charge >= 0.3 is 0 Å². The summed E-state index contributed by atoms with van der Waals surface area (Å²) in [5.74, 6) is 3.23. The molecule has 2 aliphatic carbocycles. The molecule has 16 heavy (non-hydrogen) atoms. The topological polar surface area (TPSA) is 35.2 Å². The van der Waals surface area contributed by atoms with Crippen molar-refractivity contribution < 1.29 is 4.74 Å². The lowest BCUT2D eigenvalue weighted by Crippen LogP contribution is -2.16. The second kappa shape index (κ2) is 3.85. The molecule has 1 fully saturated rings. The lowest BCUT2D eigenvalue weighted by molar-refractivity contribution is 0.228. The summed E-state index contributed by atoms with van der Waals surface area (Å²) in [5.41, 5.74) is 6.42. The van der Waals surface area contributed by atoms with Gasteiger partial charge in [-0.25, -0.2) is 0 Å². The maximum absolute atomic E-state index is 5.81. The Hall–Kier alpha value is -1.44. The van der Waals surface area contributed by atoms with Crippen LogP contribution in [0.1, 0.15) is 12.8 Å². The van der Waals surface area contributed by atoms with Crippen LogP contribution in [0.2, 0.25) is 0 Å². The highest BCUT2D eigenvalue weighted by Gasteiger charge is 2.35. The molecule has 1 saturated carbocycles. The van der Waals surface area contributed by atoms with Gasteiger partial charge in [-0.3, -0.25) is 0 Å². The molecule has 0 aromatic heterocycles. The fourth-order valence-corrected chi connectivity index (χ4v) is 2.85. The van der Waals surface area contributed by atoms with E-state index in [0.29, 0.717) is 5.92 Å². The largest absolute Gasteiger partial charge is 0.493 e. The van der Waals surface area contributed by atoms with Gasteiger partial charge in [0.05, 0.1) is 6.61 Å². The Balaban J connectivity index is 1.57. The maximum atomic E-state index is 5.81. The number of anilines is 1. The van der Waals surface area contributed by atoms with Crippen LogP contribution in [0.5, 0.6) is 5.75 Å². The second-order valence-corrected chi connectivity index (χ2v) is 4.92. The predicted octanol–water partition coefficient (Wildman–Crippen LogP) is 2.86. The van der Waals surface area contributed by atoms with Crippen LogP contribution in [0.25, 0.3) is 0 Å². The van der Waals surface area contributed by atoms with E-state index in [1.807, 2.05) is 24.3 Å². The minimum absolute atomic E-state index is 0.715. The molecule has 2 nitrogen and oxygen atoms in total. The SMILES string of the molecule is Nc1ccc(OCC2CC3C=CC2C3)cc1. The molecule has 0 spiro atoms. The summed E-state index contributed by atoms with van der Waals surface area (Å²) in [5, 5.41) is 0. The van der Waals surface area contributed by atoms with Crippen molar-refractivity contribution in [2.24, 2.45) is 17.8 Å². The molecule has 2 N–H and O–H groups in total. The fourth-order valence-electron chi connectivity index (χ4n) is 2.85. The van der Waals surface area contributed by atoms with Gasteiger partial charge < -0.3 is 10.5 Å². The number of nitrogen functional groups attached to an aromatic ring is 1. The van der Waals surface area contributed by atoms with Crippen LogP contribution in [-0.4, -0.2) is 6.61 Å². The molecular formula is C14H17NO. The summed E-state index contributed by atoms with van der Waals surface area (Å²) in [6.07, 6.45) is 7.38. The summed E-state index contributed by atoms with van der Waals surface area (Å²) in [6, 6.07) is 7.66. The molecule has 3 unspecified atom stereocenters. The average molecular weight is 215 g/mol. The van der Waals surface area contributed by atoms with Gasteiger partial charge in [0, 0.05) is 5.69 Å². The summed E-state index contributed by atoms with van der Waals surface area (Å²) in [7, 11) is 0. The molecule has 0 aliphatic heterocycles. The Morgan fingerprint density at radius 3 is 2.56 bits per heavy atom. The van der Waals surface area contributed by atoms with E-state index in [9.17, 15) is 0 Å². The highest BCUT2D eigenvalue weighted by Crippen LogP contribution is 2.43. The molecule has 84 valence electrons. The summed E-state index contributed by atoms with van der Waals surface area (Å²) < 4.78 is 5.81. The van der Waals surface area contributed by atoms with Gasteiger partial charge in [-0.05, 0) is 54.9 Å². The van der Waals surface area contributed by atoms with Crippen molar-refractivity contribution in [1.29, 1.82) is 0 Å². The van der Waals surface area contributed by atoms with Crippen LogP contribution in [0.15, 0.2) is 36.4 Å². The molecule has 1 aromatic rings. The Labute approximate surface area is 96.1 Å². The number of benzene rings is 1. The first-order chi connectivity index (χ1) is 7.81. The standard InChI is InChI=1S/C14H17NO/c15-13-3-5-14(6-4-13)16-9-12-8-10-1-2-11(12)7-10/h1-6,10-12H,7-9,15H2. The summed E-state index contributed by atoms with van der Waals surface area (Å²) in [6.45, 7) is 0.843. The van der Waals surface area contributed by atoms with Gasteiger partial charge in [-0.15, -0.1) is 0 Å². The third kappa shape index (κ3) is 1.80. The summed E-state index contributed by atoms with van der Waals surface area (Å²) >= 11 is 0. The number of hydrogen-bond donors (Lipinski definition) is 1. The molecule has 3 atom stereocenters. The molecule has 0 heterocycles. The molecule has 2 aliphatic rings. The zero-order valence-corrected chi connectivity index (χ0v) is 9.30. The quantitative estimate of drug-likeness (QED) is 0.621. The minimum atomic E-state index is 0.715. The van der Waals surface area contributed by atoms with Crippen LogP contribution in [0.3, 0.4) is 0 Å². The van der Waals surface area contributed by atoms with E-state index in [-0.39, 0.29) is 0 Å². The number of ether oxygens (including phenoxy) is 1. The van der Waals surface area contributed by atoms with E-state index in [1.165, 1.54) is 12.8 Å². The predicted molar refractivity (Wildman–Crippen MR) is 65.2 cm³/mol. The van der Waals surface area contributed by atoms with Crippen LogP contribution >= 0.6 is 0 Å². The van der Waals surface area contributed by atoms with E-state index in [1.54, 1.807) is 0 Å². The van der Waals surface area contributed by atoms with Crippen molar-refractivity contribution in [1.82, 2.24) is 0 Å². The van der Waals surface area contributed by atoms with E-state index in [4.69, 9.17) is 10.5 Å². The Morgan fingerprint density at radius 1 is 1.12 bits per heavy atom. The Bertz CT molecular complexity index is 396. The van der Waals surface area contributed by atoms with Gasteiger partial charge in [-0.2, -0.15) is 0 Å². The molecule has 0 saturated heterocycles. The smallest absolute Gasteiger partial charge is 0.119 e. The number of nitrogens with two attached hydrogens (primary N) is 1. The van der Waals surface area contributed by atoms with Crippen LogP contribution < -0.4 is 10.5 Å². The van der Waals surface area contributed by atoms with E-state index >= 15 is 0 Å². The minimum Gasteiger partial charge on any atom is -0.493 e. The fraction of sp³-hybridized carbons (Fsp3) is 0.429. The average Bonchev–Trinajstić information content (AvgIpc) is 2.90. The van der Waals surface area contributed by atoms with Gasteiger partial charge in [-0.1, -0.05) is 12.2 Å². The Morgan fingerprint density at radius 2 is 1.94 bits per heavy atom. The van der Waals surface area contributed by atoms with Crippen molar-refractivity contribution in [2.75, 3.05) is 12.3 Å². The van der Waals surface area contributed by atoms with E-state index in [0.717, 1.165) is 29.9 Å². The molecule has 2 heteroatoms. The van der Waals surface area contributed by atoms with Crippen molar-refractivity contribution in [3.05, 3.63) is 36.4 Å². The highest BCUT2D eigenvalue weighted by atomic mass is 16.5. The number of allylic oxidation sites excluding steroid dienone is 2. The zero-order chi connectivity index (χ0) is 11.0. The Kier molecular flexibility index (Phi) is 2.35. The zero-order valence-electron chi connectivity index (χ0n) is 9.30. The third-order valence-corrected chi connectivity index (χ3v) is 3.76. The number of fused-ring (bicyclic) bond motifs is 2. The van der Waals surface area contributed by atoms with Crippen LogP contribution in [-0.2, 0) is 0 Å². The third-order valence-electron chi connectivity index (χ3n) is 3.76. The number of hydrogen-bond acceptors (Lipinski definition) is 2. The van der Waals surface area contributed by atoms with Crippen molar-refractivity contribution >= 4 is 5.69 Å². The van der Waals surface area contributed by atoms with E-state index in [2.05, 4.69) is 12.2 Å². The number of rotatable bonds is 3. The van der Waals surface area contributed by atoms with Crippen molar-refractivity contribution in [2.45, 2.75) is 12.8 Å². The lowest BCUT2D eigenvalue weighted by atomic mass is 9.95. The van der Waals surface area contributed by atoms with Crippen molar-refractivity contribution in [3.63, 3.8) is 0 Å². The monoisotopic (exact) mass is 215 g/mol. The first-order valence-corrected chi connectivity index (χ1v) is 5.98. The highest BCUT2D eigenvalue weighted by molar-refractivity contribution is 5.41. The first-order valence-electron chi connectivity index (χ1n) is 5.98. The second-order valence-electron chi connectivity index (χ2n) is 4.92. The normalized spacial score (nSPS) is 30.9. The van der Waals surface area contributed by atoms with Crippen LogP contribution in [0, 0.1) is 17.8 Å². The van der Waals surface area contributed by atoms with Gasteiger partial charge in [0.2, 0.25) is 0 Å². The van der Waals surface area contributed by atoms with Gasteiger partial charge in [0.25, 0.3) is 0 Å². The van der Waals surface area contributed by atoms with Gasteiger partial charge in [0.1, 0.15) is 5.75 Å². The molecular weight excluding hydrogens is 198 g/mol. The molecule has 3 rings (SSSR count). The van der Waals surface area contributed by atoms with Crippen molar-refractivity contribution in [3.8, 4) is 5.75 Å². The van der Waals surface area contributed by atoms with Gasteiger partial charge in [0.15, 0.2) is 0 Å². The molecule has 0 radical (unpaired) electrons.